The van der Waals surface area contributed by atoms with Crippen LogP contribution in [0.25, 0.3) is 0 Å². The van der Waals surface area contributed by atoms with Crippen LogP contribution in [0.5, 0.6) is 17.2 Å². The van der Waals surface area contributed by atoms with Gasteiger partial charge in [0, 0.05) is 23.1 Å². The highest BCUT2D eigenvalue weighted by atomic mass is 32.2. The SMILES string of the molecule is COc1ccc2c(c1)S[C@H](CC(=O)Nc1ccc3c(c1)OCO3)C(=O)N2. The Morgan fingerprint density at radius 2 is 2.12 bits per heavy atom. The summed E-state index contributed by atoms with van der Waals surface area (Å²) in [5.74, 6) is 1.51. The fourth-order valence-electron chi connectivity index (χ4n) is 2.74. The van der Waals surface area contributed by atoms with Crippen LogP contribution in [-0.4, -0.2) is 31.0 Å². The minimum atomic E-state index is -0.511. The normalized spacial score (nSPS) is 17.3. The van der Waals surface area contributed by atoms with E-state index < -0.39 is 5.25 Å². The molecular formula is C18H16N2O5S. The van der Waals surface area contributed by atoms with Crippen LogP contribution < -0.4 is 24.8 Å². The molecule has 4 rings (SSSR count). The van der Waals surface area contributed by atoms with Crippen molar-refractivity contribution in [1.29, 1.82) is 0 Å². The standard InChI is InChI=1S/C18H16N2O5S/c1-23-11-3-4-12-15(7-11)26-16(18(22)20-12)8-17(21)19-10-2-5-13-14(6-10)25-9-24-13/h2-7,16H,8-9H2,1H3,(H,19,21)(H,20,22)/t16-/m1/s1. The lowest BCUT2D eigenvalue weighted by atomic mass is 10.2. The molecule has 7 nitrogen and oxygen atoms in total. The zero-order valence-electron chi connectivity index (χ0n) is 13.9. The number of benzene rings is 2. The zero-order chi connectivity index (χ0) is 18.1. The number of ether oxygens (including phenoxy) is 3. The van der Waals surface area contributed by atoms with Gasteiger partial charge in [-0.2, -0.15) is 0 Å². The van der Waals surface area contributed by atoms with Crippen LogP contribution in [-0.2, 0) is 9.59 Å². The van der Waals surface area contributed by atoms with Gasteiger partial charge >= 0.3 is 0 Å². The maximum absolute atomic E-state index is 12.4. The third kappa shape index (κ3) is 3.28. The molecule has 2 N–H and O–H groups in total. The summed E-state index contributed by atoms with van der Waals surface area (Å²) in [7, 11) is 1.59. The molecule has 2 heterocycles. The second-order valence-electron chi connectivity index (χ2n) is 5.78. The molecule has 0 saturated heterocycles. The molecule has 2 aliphatic rings. The van der Waals surface area contributed by atoms with Gasteiger partial charge in [0.2, 0.25) is 18.6 Å². The number of thioether (sulfide) groups is 1. The van der Waals surface area contributed by atoms with Gasteiger partial charge in [0.15, 0.2) is 11.5 Å². The number of fused-ring (bicyclic) bond motifs is 2. The van der Waals surface area contributed by atoms with Gasteiger partial charge < -0.3 is 24.8 Å². The first kappa shape index (κ1) is 16.6. The predicted molar refractivity (Wildman–Crippen MR) is 97.1 cm³/mol. The smallest absolute Gasteiger partial charge is 0.238 e. The predicted octanol–water partition coefficient (Wildman–Crippen LogP) is 2.87. The van der Waals surface area contributed by atoms with Crippen LogP contribution in [0.1, 0.15) is 6.42 Å². The van der Waals surface area contributed by atoms with Gasteiger partial charge in [-0.15, -0.1) is 11.8 Å². The number of hydrogen-bond donors (Lipinski definition) is 2. The molecule has 2 aromatic rings. The van der Waals surface area contributed by atoms with E-state index in [0.29, 0.717) is 22.9 Å². The summed E-state index contributed by atoms with van der Waals surface area (Å²) in [5, 5.41) is 5.12. The second kappa shape index (κ2) is 6.80. The number of nitrogens with one attached hydrogen (secondary N) is 2. The first-order valence-electron chi connectivity index (χ1n) is 7.97. The van der Waals surface area contributed by atoms with Crippen molar-refractivity contribution in [2.24, 2.45) is 0 Å². The van der Waals surface area contributed by atoms with Crippen LogP contribution in [0, 0.1) is 0 Å². The Bertz CT molecular complexity index is 886. The molecule has 0 bridgehead atoms. The minimum absolute atomic E-state index is 0.0571. The average molecular weight is 372 g/mol. The van der Waals surface area contributed by atoms with Crippen LogP contribution >= 0.6 is 11.8 Å². The topological polar surface area (TPSA) is 85.9 Å². The van der Waals surface area contributed by atoms with Gasteiger partial charge in [-0.3, -0.25) is 9.59 Å². The van der Waals surface area contributed by atoms with E-state index in [9.17, 15) is 9.59 Å². The van der Waals surface area contributed by atoms with Gasteiger partial charge in [0.05, 0.1) is 18.0 Å². The quantitative estimate of drug-likeness (QED) is 0.858. The van der Waals surface area contributed by atoms with Crippen molar-refractivity contribution < 1.29 is 23.8 Å². The van der Waals surface area contributed by atoms with Gasteiger partial charge in [-0.05, 0) is 30.3 Å². The van der Waals surface area contributed by atoms with E-state index in [-0.39, 0.29) is 25.0 Å². The van der Waals surface area contributed by atoms with Gasteiger partial charge in [-0.1, -0.05) is 0 Å². The molecule has 1 atom stereocenters. The molecule has 0 aliphatic carbocycles. The van der Waals surface area contributed by atoms with Crippen molar-refractivity contribution in [2.75, 3.05) is 24.5 Å². The van der Waals surface area contributed by atoms with Crippen LogP contribution in [0.2, 0.25) is 0 Å². The van der Waals surface area contributed by atoms with Gasteiger partial charge in [0.1, 0.15) is 5.75 Å². The number of rotatable bonds is 4. The van der Waals surface area contributed by atoms with Gasteiger partial charge in [-0.25, -0.2) is 0 Å². The van der Waals surface area contributed by atoms with E-state index in [1.165, 1.54) is 11.8 Å². The first-order chi connectivity index (χ1) is 12.6. The molecule has 8 heteroatoms. The molecule has 0 spiro atoms. The van der Waals surface area contributed by atoms with Crippen LogP contribution in [0.15, 0.2) is 41.3 Å². The Hall–Kier alpha value is -2.87. The summed E-state index contributed by atoms with van der Waals surface area (Å²) in [6.45, 7) is 0.175. The maximum Gasteiger partial charge on any atom is 0.238 e. The van der Waals surface area contributed by atoms with E-state index in [1.54, 1.807) is 37.4 Å². The van der Waals surface area contributed by atoms with E-state index in [1.807, 2.05) is 6.07 Å². The molecule has 2 amide bonds. The summed E-state index contributed by atoms with van der Waals surface area (Å²) >= 11 is 1.36. The lowest BCUT2D eigenvalue weighted by molar-refractivity contribution is -0.120. The molecule has 0 radical (unpaired) electrons. The first-order valence-corrected chi connectivity index (χ1v) is 8.85. The summed E-state index contributed by atoms with van der Waals surface area (Å²) < 4.78 is 15.8. The molecule has 0 saturated carbocycles. The highest BCUT2D eigenvalue weighted by Crippen LogP contribution is 2.39. The molecular weight excluding hydrogens is 356 g/mol. The Morgan fingerprint density at radius 3 is 2.96 bits per heavy atom. The summed E-state index contributed by atoms with van der Waals surface area (Å²) in [5.41, 5.74) is 1.33. The fourth-order valence-corrected chi connectivity index (χ4v) is 3.88. The molecule has 26 heavy (non-hydrogen) atoms. The highest BCUT2D eigenvalue weighted by molar-refractivity contribution is 8.01. The Labute approximate surface area is 154 Å². The minimum Gasteiger partial charge on any atom is -0.497 e. The molecule has 0 fully saturated rings. The van der Waals surface area contributed by atoms with E-state index in [0.717, 1.165) is 10.6 Å². The largest absolute Gasteiger partial charge is 0.497 e. The van der Waals surface area contributed by atoms with Crippen LogP contribution in [0.3, 0.4) is 0 Å². The number of carbonyl (C=O) groups excluding carboxylic acids is 2. The van der Waals surface area contributed by atoms with Crippen molar-refractivity contribution in [3.05, 3.63) is 36.4 Å². The Balaban J connectivity index is 1.43. The van der Waals surface area contributed by atoms with Crippen molar-refractivity contribution >= 4 is 35.0 Å². The molecule has 0 aromatic heterocycles. The lowest BCUT2D eigenvalue weighted by Gasteiger charge is -2.24. The third-order valence-electron chi connectivity index (χ3n) is 4.04. The third-order valence-corrected chi connectivity index (χ3v) is 5.29. The number of anilines is 2. The Kier molecular flexibility index (Phi) is 4.34. The molecule has 134 valence electrons. The summed E-state index contributed by atoms with van der Waals surface area (Å²) in [4.78, 5) is 25.5. The fraction of sp³-hybridized carbons (Fsp3) is 0.222. The van der Waals surface area contributed by atoms with Gasteiger partial charge in [0.25, 0.3) is 0 Å². The second-order valence-corrected chi connectivity index (χ2v) is 7.02. The maximum atomic E-state index is 12.4. The van der Waals surface area contributed by atoms with Crippen molar-refractivity contribution in [3.63, 3.8) is 0 Å². The van der Waals surface area contributed by atoms with E-state index in [2.05, 4.69) is 10.6 Å². The zero-order valence-corrected chi connectivity index (χ0v) is 14.7. The number of hydrogen-bond acceptors (Lipinski definition) is 6. The van der Waals surface area contributed by atoms with Crippen molar-refractivity contribution in [2.45, 2.75) is 16.6 Å². The molecule has 2 aromatic carbocycles. The Morgan fingerprint density at radius 1 is 1.27 bits per heavy atom. The van der Waals surface area contributed by atoms with Crippen LogP contribution in [0.4, 0.5) is 11.4 Å². The highest BCUT2D eigenvalue weighted by Gasteiger charge is 2.29. The average Bonchev–Trinajstić information content (AvgIpc) is 3.09. The lowest BCUT2D eigenvalue weighted by Crippen LogP contribution is -2.32. The molecule has 2 aliphatic heterocycles. The van der Waals surface area contributed by atoms with Crippen molar-refractivity contribution in [3.8, 4) is 17.2 Å². The van der Waals surface area contributed by atoms with E-state index >= 15 is 0 Å². The summed E-state index contributed by atoms with van der Waals surface area (Å²) in [6, 6.07) is 10.6. The monoisotopic (exact) mass is 372 g/mol. The van der Waals surface area contributed by atoms with Crippen molar-refractivity contribution in [1.82, 2.24) is 0 Å². The molecule has 0 unspecified atom stereocenters. The number of methoxy groups -OCH3 is 1. The van der Waals surface area contributed by atoms with E-state index in [4.69, 9.17) is 14.2 Å². The summed E-state index contributed by atoms with van der Waals surface area (Å²) in [6.07, 6.45) is 0.0571. The number of carbonyl (C=O) groups is 2. The number of amides is 2.